The van der Waals surface area contributed by atoms with Gasteiger partial charge in [-0.05, 0) is 24.3 Å². The number of benzene rings is 3. The molecule has 0 unspecified atom stereocenters. The van der Waals surface area contributed by atoms with E-state index in [2.05, 4.69) is 42.5 Å². The number of thiophene rings is 1. The van der Waals surface area contributed by atoms with Gasteiger partial charge in [-0.3, -0.25) is 0 Å². The van der Waals surface area contributed by atoms with Crippen LogP contribution in [-0.2, 0) is 0 Å². The molecule has 0 bridgehead atoms. The Morgan fingerprint density at radius 1 is 0.783 bits per heavy atom. The molecule has 1 nitrogen and oxygen atoms in total. The molecule has 3 aromatic carbocycles. The SMILES string of the molecule is Clc1ccc2c(c1)sc1ccc3sc(-c4ccccc4)nc3c12. The van der Waals surface area contributed by atoms with Crippen LogP contribution in [0.4, 0.5) is 0 Å². The van der Waals surface area contributed by atoms with Crippen LogP contribution >= 0.6 is 34.3 Å². The standard InChI is InChI=1S/C19H10ClNS2/c20-12-6-7-13-16(10-12)22-14-8-9-15-18(17(13)14)21-19(23-15)11-4-2-1-3-5-11/h1-10H. The Morgan fingerprint density at radius 2 is 1.61 bits per heavy atom. The molecule has 0 aliphatic carbocycles. The van der Waals surface area contributed by atoms with Crippen LogP contribution in [0.2, 0.25) is 5.02 Å². The van der Waals surface area contributed by atoms with Gasteiger partial charge in [0, 0.05) is 30.8 Å². The first-order chi connectivity index (χ1) is 11.3. The van der Waals surface area contributed by atoms with Crippen molar-refractivity contribution in [3.05, 3.63) is 65.7 Å². The third-order valence-corrected chi connectivity index (χ3v) is 6.40. The van der Waals surface area contributed by atoms with Crippen LogP contribution in [0.15, 0.2) is 60.7 Å². The van der Waals surface area contributed by atoms with E-state index in [1.807, 2.05) is 18.2 Å². The van der Waals surface area contributed by atoms with Crippen molar-refractivity contribution in [2.45, 2.75) is 0 Å². The third kappa shape index (κ3) is 2.08. The Morgan fingerprint density at radius 3 is 2.48 bits per heavy atom. The van der Waals surface area contributed by atoms with Gasteiger partial charge in [-0.2, -0.15) is 0 Å². The number of thiazole rings is 1. The fourth-order valence-electron chi connectivity index (χ4n) is 2.93. The fourth-order valence-corrected chi connectivity index (χ4v) is 5.29. The van der Waals surface area contributed by atoms with Crippen LogP contribution in [0, 0.1) is 0 Å². The maximum atomic E-state index is 6.14. The van der Waals surface area contributed by atoms with Crippen LogP contribution in [0.5, 0.6) is 0 Å². The van der Waals surface area contributed by atoms with E-state index in [1.54, 1.807) is 22.7 Å². The van der Waals surface area contributed by atoms with Crippen molar-refractivity contribution >= 4 is 64.7 Å². The van der Waals surface area contributed by atoms with Gasteiger partial charge in [0.2, 0.25) is 0 Å². The lowest BCUT2D eigenvalue weighted by Crippen LogP contribution is -1.75. The van der Waals surface area contributed by atoms with Crippen LogP contribution < -0.4 is 0 Å². The summed E-state index contributed by atoms with van der Waals surface area (Å²) in [4.78, 5) is 4.95. The largest absolute Gasteiger partial charge is 0.235 e. The van der Waals surface area contributed by atoms with Gasteiger partial charge in [0.25, 0.3) is 0 Å². The second kappa shape index (κ2) is 5.03. The summed E-state index contributed by atoms with van der Waals surface area (Å²) in [5.41, 5.74) is 2.27. The summed E-state index contributed by atoms with van der Waals surface area (Å²) >= 11 is 9.67. The van der Waals surface area contributed by atoms with E-state index in [9.17, 15) is 0 Å². The van der Waals surface area contributed by atoms with E-state index in [-0.39, 0.29) is 0 Å². The topological polar surface area (TPSA) is 12.9 Å². The second-order valence-electron chi connectivity index (χ2n) is 5.41. The number of hydrogen-bond donors (Lipinski definition) is 0. The van der Waals surface area contributed by atoms with Crippen molar-refractivity contribution in [2.24, 2.45) is 0 Å². The predicted molar refractivity (Wildman–Crippen MR) is 103 cm³/mol. The normalized spacial score (nSPS) is 11.7. The minimum Gasteiger partial charge on any atom is -0.235 e. The van der Waals surface area contributed by atoms with Crippen molar-refractivity contribution in [1.29, 1.82) is 0 Å². The molecule has 0 saturated heterocycles. The molecule has 110 valence electrons. The van der Waals surface area contributed by atoms with Crippen molar-refractivity contribution in [3.63, 3.8) is 0 Å². The fraction of sp³-hybridized carbons (Fsp3) is 0. The zero-order valence-electron chi connectivity index (χ0n) is 11.9. The molecule has 4 heteroatoms. The number of fused-ring (bicyclic) bond motifs is 5. The molecule has 0 radical (unpaired) electrons. The summed E-state index contributed by atoms with van der Waals surface area (Å²) in [5, 5.41) is 4.34. The summed E-state index contributed by atoms with van der Waals surface area (Å²) in [6.07, 6.45) is 0. The highest BCUT2D eigenvalue weighted by atomic mass is 35.5. The lowest BCUT2D eigenvalue weighted by atomic mass is 10.1. The third-order valence-electron chi connectivity index (χ3n) is 3.98. The first-order valence-electron chi connectivity index (χ1n) is 7.26. The summed E-state index contributed by atoms with van der Waals surface area (Å²) in [6.45, 7) is 0. The lowest BCUT2D eigenvalue weighted by Gasteiger charge is -1.94. The molecule has 0 fully saturated rings. The van der Waals surface area contributed by atoms with Crippen LogP contribution in [-0.4, -0.2) is 4.98 Å². The van der Waals surface area contributed by atoms with E-state index in [1.165, 1.54) is 30.4 Å². The molecule has 0 aliphatic heterocycles. The summed E-state index contributed by atoms with van der Waals surface area (Å²) < 4.78 is 3.71. The van der Waals surface area contributed by atoms with Gasteiger partial charge >= 0.3 is 0 Å². The van der Waals surface area contributed by atoms with E-state index in [4.69, 9.17) is 16.6 Å². The predicted octanol–water partition coefficient (Wildman–Crippen LogP) is 6.98. The van der Waals surface area contributed by atoms with E-state index in [0.717, 1.165) is 15.5 Å². The maximum absolute atomic E-state index is 6.14. The molecule has 5 aromatic rings. The molecule has 0 saturated carbocycles. The highest BCUT2D eigenvalue weighted by Crippen LogP contribution is 2.41. The molecular formula is C19H10ClNS2. The minimum absolute atomic E-state index is 0.781. The van der Waals surface area contributed by atoms with Crippen molar-refractivity contribution < 1.29 is 0 Å². The Kier molecular flexibility index (Phi) is 2.95. The molecule has 5 rings (SSSR count). The maximum Gasteiger partial charge on any atom is 0.124 e. The van der Waals surface area contributed by atoms with Crippen molar-refractivity contribution in [2.75, 3.05) is 0 Å². The smallest absolute Gasteiger partial charge is 0.124 e. The van der Waals surface area contributed by atoms with Gasteiger partial charge in [0.05, 0.1) is 10.2 Å². The van der Waals surface area contributed by atoms with E-state index < -0.39 is 0 Å². The van der Waals surface area contributed by atoms with Gasteiger partial charge in [-0.1, -0.05) is 48.0 Å². The minimum atomic E-state index is 0.781. The summed E-state index contributed by atoms with van der Waals surface area (Å²) in [5.74, 6) is 0. The summed E-state index contributed by atoms with van der Waals surface area (Å²) in [6, 6.07) is 20.8. The van der Waals surface area contributed by atoms with Crippen molar-refractivity contribution in [3.8, 4) is 10.6 Å². The zero-order chi connectivity index (χ0) is 15.4. The number of nitrogens with zero attached hydrogens (tertiary/aromatic N) is 1. The van der Waals surface area contributed by atoms with Crippen LogP contribution in [0.3, 0.4) is 0 Å². The first kappa shape index (κ1) is 13.5. The Bertz CT molecular complexity index is 1170. The highest BCUT2D eigenvalue weighted by Gasteiger charge is 2.13. The van der Waals surface area contributed by atoms with Crippen molar-refractivity contribution in [1.82, 2.24) is 4.98 Å². The highest BCUT2D eigenvalue weighted by molar-refractivity contribution is 7.26. The molecule has 23 heavy (non-hydrogen) atoms. The average Bonchev–Trinajstić information content (AvgIpc) is 3.15. The summed E-state index contributed by atoms with van der Waals surface area (Å²) in [7, 11) is 0. The van der Waals surface area contributed by atoms with Gasteiger partial charge in [-0.15, -0.1) is 22.7 Å². The van der Waals surface area contributed by atoms with Gasteiger partial charge < -0.3 is 0 Å². The number of halogens is 1. The molecule has 2 aromatic heterocycles. The van der Waals surface area contributed by atoms with E-state index >= 15 is 0 Å². The molecule has 0 spiro atoms. The number of rotatable bonds is 1. The molecule has 0 atom stereocenters. The Labute approximate surface area is 145 Å². The van der Waals surface area contributed by atoms with Crippen LogP contribution in [0.1, 0.15) is 0 Å². The number of aromatic nitrogens is 1. The average molecular weight is 352 g/mol. The first-order valence-corrected chi connectivity index (χ1v) is 9.27. The Balaban J connectivity index is 1.88. The lowest BCUT2D eigenvalue weighted by molar-refractivity contribution is 1.49. The molecule has 0 N–H and O–H groups in total. The van der Waals surface area contributed by atoms with Gasteiger partial charge in [0.15, 0.2) is 0 Å². The molecule has 0 aliphatic rings. The molecule has 2 heterocycles. The van der Waals surface area contributed by atoms with Gasteiger partial charge in [0.1, 0.15) is 5.01 Å². The Hall–Kier alpha value is -1.94. The van der Waals surface area contributed by atoms with Gasteiger partial charge in [-0.25, -0.2) is 4.98 Å². The monoisotopic (exact) mass is 351 g/mol. The zero-order valence-corrected chi connectivity index (χ0v) is 14.3. The quantitative estimate of drug-likeness (QED) is 0.317. The van der Waals surface area contributed by atoms with E-state index in [0.29, 0.717) is 0 Å². The molecule has 0 amide bonds. The molecular weight excluding hydrogens is 342 g/mol. The van der Waals surface area contributed by atoms with Crippen LogP contribution in [0.25, 0.3) is 41.0 Å². The number of hydrogen-bond acceptors (Lipinski definition) is 3. The second-order valence-corrected chi connectivity index (χ2v) is 7.96.